The molecule has 2 rings (SSSR count). The van der Waals surface area contributed by atoms with Crippen molar-refractivity contribution in [2.45, 2.75) is 37.3 Å². The smallest absolute Gasteiger partial charge is 0.0480 e. The Morgan fingerprint density at radius 3 is 2.50 bits per heavy atom. The van der Waals surface area contributed by atoms with Gasteiger partial charge in [0, 0.05) is 31.3 Å². The Bertz CT molecular complexity index is 213. The van der Waals surface area contributed by atoms with Gasteiger partial charge in [-0.3, -0.25) is 4.90 Å². The molecule has 2 aliphatic heterocycles. The largest absolute Gasteiger partial charge is 0.381 e. The second kappa shape index (κ2) is 5.71. The van der Waals surface area contributed by atoms with Crippen molar-refractivity contribution in [3.8, 4) is 0 Å². The van der Waals surface area contributed by atoms with Crippen LogP contribution in [0, 0.1) is 0 Å². The highest BCUT2D eigenvalue weighted by Gasteiger charge is 2.38. The first-order valence-corrected chi connectivity index (χ1v) is 7.52. The molecule has 0 aromatic heterocycles. The summed E-state index contributed by atoms with van der Waals surface area (Å²) in [6.45, 7) is 2.65. The molecule has 0 aliphatic carbocycles. The fourth-order valence-corrected chi connectivity index (χ4v) is 4.16. The summed E-state index contributed by atoms with van der Waals surface area (Å²) in [4.78, 5) is 2.58. The van der Waals surface area contributed by atoms with Crippen LogP contribution < -0.4 is 5.73 Å². The quantitative estimate of drug-likeness (QED) is 0.813. The molecule has 0 spiro atoms. The summed E-state index contributed by atoms with van der Waals surface area (Å²) < 4.78 is 5.44. The van der Waals surface area contributed by atoms with E-state index in [0.717, 1.165) is 19.8 Å². The number of hydrogen-bond donors (Lipinski definition) is 1. The second-order valence-corrected chi connectivity index (χ2v) is 6.22. The summed E-state index contributed by atoms with van der Waals surface area (Å²) in [5, 5.41) is 0. The average Bonchev–Trinajstić information content (AvgIpc) is 2.39. The highest BCUT2D eigenvalue weighted by molar-refractivity contribution is 7.99. The van der Waals surface area contributed by atoms with Gasteiger partial charge >= 0.3 is 0 Å². The van der Waals surface area contributed by atoms with Crippen molar-refractivity contribution in [3.63, 3.8) is 0 Å². The van der Waals surface area contributed by atoms with Gasteiger partial charge in [0.2, 0.25) is 0 Å². The number of nitrogens with zero attached hydrogens (tertiary/aromatic N) is 1. The average molecular weight is 244 g/mol. The molecule has 0 unspecified atom stereocenters. The number of thioether (sulfide) groups is 1. The van der Waals surface area contributed by atoms with Gasteiger partial charge in [-0.25, -0.2) is 0 Å². The third-order valence-electron chi connectivity index (χ3n) is 4.29. The molecule has 0 aromatic rings. The summed E-state index contributed by atoms with van der Waals surface area (Å²) in [7, 11) is 2.28. The van der Waals surface area contributed by atoms with Crippen LogP contribution in [0.5, 0.6) is 0 Å². The Kier molecular flexibility index (Phi) is 4.53. The van der Waals surface area contributed by atoms with Crippen molar-refractivity contribution in [2.24, 2.45) is 5.73 Å². The zero-order valence-corrected chi connectivity index (χ0v) is 11.1. The van der Waals surface area contributed by atoms with E-state index in [2.05, 4.69) is 23.7 Å². The maximum Gasteiger partial charge on any atom is 0.0480 e. The lowest BCUT2D eigenvalue weighted by Crippen LogP contribution is -2.58. The van der Waals surface area contributed by atoms with Gasteiger partial charge in [0.25, 0.3) is 0 Å². The number of likely N-dealkylation sites (N-methyl/N-ethyl adjacent to an activating group) is 1. The molecule has 2 aliphatic rings. The molecule has 4 heteroatoms. The predicted molar refractivity (Wildman–Crippen MR) is 69.9 cm³/mol. The number of hydrogen-bond acceptors (Lipinski definition) is 4. The van der Waals surface area contributed by atoms with Gasteiger partial charge in [0.15, 0.2) is 0 Å². The van der Waals surface area contributed by atoms with Crippen LogP contribution in [0.25, 0.3) is 0 Å². The second-order valence-electron chi connectivity index (χ2n) is 5.00. The van der Waals surface area contributed by atoms with Gasteiger partial charge < -0.3 is 10.5 Å². The fraction of sp³-hybridized carbons (Fsp3) is 1.00. The molecule has 2 heterocycles. The monoisotopic (exact) mass is 244 g/mol. The Hall–Kier alpha value is 0.230. The lowest BCUT2D eigenvalue weighted by atomic mass is 9.88. The molecule has 16 heavy (non-hydrogen) atoms. The Labute approximate surface area is 103 Å². The summed E-state index contributed by atoms with van der Waals surface area (Å²) >= 11 is 2.07. The molecule has 0 atom stereocenters. The van der Waals surface area contributed by atoms with Crippen molar-refractivity contribution in [1.29, 1.82) is 0 Å². The standard InChI is InChI=1S/C12H24N2OS/c1-14(11-2-6-15-7-3-11)12(10-13)4-8-16-9-5-12/h11H,2-10,13H2,1H3. The molecule has 2 N–H and O–H groups in total. The van der Waals surface area contributed by atoms with E-state index in [9.17, 15) is 0 Å². The number of ether oxygens (including phenoxy) is 1. The molecular weight excluding hydrogens is 220 g/mol. The van der Waals surface area contributed by atoms with E-state index in [-0.39, 0.29) is 5.54 Å². The Morgan fingerprint density at radius 2 is 1.94 bits per heavy atom. The van der Waals surface area contributed by atoms with E-state index in [1.807, 2.05) is 0 Å². The van der Waals surface area contributed by atoms with Crippen molar-refractivity contribution in [2.75, 3.05) is 38.3 Å². The highest BCUT2D eigenvalue weighted by Crippen LogP contribution is 2.33. The maximum absolute atomic E-state index is 6.06. The maximum atomic E-state index is 6.06. The third-order valence-corrected chi connectivity index (χ3v) is 5.28. The van der Waals surface area contributed by atoms with Crippen LogP contribution in [0.1, 0.15) is 25.7 Å². The van der Waals surface area contributed by atoms with Gasteiger partial charge in [-0.1, -0.05) is 0 Å². The number of nitrogens with two attached hydrogens (primary N) is 1. The first-order valence-electron chi connectivity index (χ1n) is 6.37. The topological polar surface area (TPSA) is 38.5 Å². The molecular formula is C12H24N2OS. The van der Waals surface area contributed by atoms with Gasteiger partial charge in [0.1, 0.15) is 0 Å². The molecule has 2 saturated heterocycles. The van der Waals surface area contributed by atoms with Crippen molar-refractivity contribution >= 4 is 11.8 Å². The van der Waals surface area contributed by atoms with Crippen LogP contribution in [0.2, 0.25) is 0 Å². The SMILES string of the molecule is CN(C1CCOCC1)C1(CN)CCSCC1. The van der Waals surface area contributed by atoms with E-state index in [0.29, 0.717) is 6.04 Å². The van der Waals surface area contributed by atoms with Crippen LogP contribution >= 0.6 is 11.8 Å². The van der Waals surface area contributed by atoms with Crippen LogP contribution in [0.3, 0.4) is 0 Å². The third kappa shape index (κ3) is 2.55. The van der Waals surface area contributed by atoms with Gasteiger partial charge in [0.05, 0.1) is 0 Å². The van der Waals surface area contributed by atoms with E-state index < -0.39 is 0 Å². The van der Waals surface area contributed by atoms with E-state index in [4.69, 9.17) is 10.5 Å². The minimum absolute atomic E-state index is 0.271. The van der Waals surface area contributed by atoms with Crippen LogP contribution in [0.15, 0.2) is 0 Å². The van der Waals surface area contributed by atoms with Crippen LogP contribution in [0.4, 0.5) is 0 Å². The zero-order valence-electron chi connectivity index (χ0n) is 10.3. The fourth-order valence-electron chi connectivity index (χ4n) is 2.91. The van der Waals surface area contributed by atoms with Gasteiger partial charge in [-0.05, 0) is 44.2 Å². The lowest BCUT2D eigenvalue weighted by Gasteiger charge is -2.48. The van der Waals surface area contributed by atoms with Crippen molar-refractivity contribution in [3.05, 3.63) is 0 Å². The summed E-state index contributed by atoms with van der Waals surface area (Å²) in [6.07, 6.45) is 4.85. The molecule has 0 radical (unpaired) electrons. The summed E-state index contributed by atoms with van der Waals surface area (Å²) in [5.41, 5.74) is 6.33. The first-order chi connectivity index (χ1) is 7.78. The van der Waals surface area contributed by atoms with E-state index >= 15 is 0 Å². The molecule has 0 saturated carbocycles. The molecule has 0 amide bonds. The predicted octanol–water partition coefficient (Wildman–Crippen LogP) is 1.32. The first kappa shape index (κ1) is 12.7. The summed E-state index contributed by atoms with van der Waals surface area (Å²) in [6, 6.07) is 0.681. The van der Waals surface area contributed by atoms with E-state index in [1.165, 1.54) is 37.2 Å². The molecule has 2 fully saturated rings. The van der Waals surface area contributed by atoms with Crippen LogP contribution in [-0.2, 0) is 4.74 Å². The minimum Gasteiger partial charge on any atom is -0.381 e. The summed E-state index contributed by atoms with van der Waals surface area (Å²) in [5.74, 6) is 2.54. The molecule has 94 valence electrons. The minimum atomic E-state index is 0.271. The van der Waals surface area contributed by atoms with Gasteiger partial charge in [-0.2, -0.15) is 11.8 Å². The number of rotatable bonds is 3. The zero-order chi connectivity index (χ0) is 11.4. The Balaban J connectivity index is 2.00. The van der Waals surface area contributed by atoms with Gasteiger partial charge in [-0.15, -0.1) is 0 Å². The van der Waals surface area contributed by atoms with Crippen LogP contribution in [-0.4, -0.2) is 54.8 Å². The molecule has 0 bridgehead atoms. The van der Waals surface area contributed by atoms with E-state index in [1.54, 1.807) is 0 Å². The molecule has 0 aromatic carbocycles. The molecule has 3 nitrogen and oxygen atoms in total. The normalized spacial score (nSPS) is 27.2. The lowest BCUT2D eigenvalue weighted by molar-refractivity contribution is -0.00517. The van der Waals surface area contributed by atoms with Crippen molar-refractivity contribution < 1.29 is 4.74 Å². The van der Waals surface area contributed by atoms with Crippen molar-refractivity contribution in [1.82, 2.24) is 4.90 Å². The highest BCUT2D eigenvalue weighted by atomic mass is 32.2. The Morgan fingerprint density at radius 1 is 1.31 bits per heavy atom.